The molecule has 1 aliphatic rings. The molecule has 1 saturated carbocycles. The minimum absolute atomic E-state index is 0.0146. The molecule has 19 heavy (non-hydrogen) atoms. The summed E-state index contributed by atoms with van der Waals surface area (Å²) in [6.07, 6.45) is 2.04. The summed E-state index contributed by atoms with van der Waals surface area (Å²) in [6.45, 7) is 1.82. The first kappa shape index (κ1) is 12.2. The maximum atomic E-state index is 12.5. The summed E-state index contributed by atoms with van der Waals surface area (Å²) >= 11 is 1.36. The SMILES string of the molecule is C[C@@H](C#N)Sc1nc2ccccc2c(=O)n1C1CC1. The van der Waals surface area contributed by atoms with Crippen LogP contribution in [-0.2, 0) is 0 Å². The molecule has 0 aliphatic heterocycles. The molecule has 96 valence electrons. The van der Waals surface area contributed by atoms with Crippen LogP contribution in [0.15, 0.2) is 34.2 Å². The minimum Gasteiger partial charge on any atom is -0.284 e. The van der Waals surface area contributed by atoms with Crippen LogP contribution in [0.4, 0.5) is 0 Å². The van der Waals surface area contributed by atoms with Crippen molar-refractivity contribution in [3.8, 4) is 6.07 Å². The zero-order chi connectivity index (χ0) is 13.4. The second-order valence-electron chi connectivity index (χ2n) is 4.71. The van der Waals surface area contributed by atoms with Crippen LogP contribution in [0.25, 0.3) is 10.9 Å². The second-order valence-corrected chi connectivity index (χ2v) is 6.01. The molecule has 1 heterocycles. The van der Waals surface area contributed by atoms with Crippen LogP contribution in [0, 0.1) is 11.3 Å². The van der Waals surface area contributed by atoms with Gasteiger partial charge in [-0.05, 0) is 31.9 Å². The van der Waals surface area contributed by atoms with Crippen molar-refractivity contribution in [2.75, 3.05) is 0 Å². The molecule has 0 amide bonds. The molecule has 1 aromatic heterocycles. The van der Waals surface area contributed by atoms with E-state index in [1.54, 1.807) is 4.57 Å². The Kier molecular flexibility index (Phi) is 3.03. The molecular weight excluding hydrogens is 258 g/mol. The topological polar surface area (TPSA) is 58.7 Å². The molecule has 0 spiro atoms. The Labute approximate surface area is 115 Å². The lowest BCUT2D eigenvalue weighted by Crippen LogP contribution is -2.22. The molecule has 1 aliphatic carbocycles. The van der Waals surface area contributed by atoms with E-state index in [1.165, 1.54) is 11.8 Å². The van der Waals surface area contributed by atoms with Gasteiger partial charge in [0.05, 0.1) is 22.2 Å². The van der Waals surface area contributed by atoms with Crippen molar-refractivity contribution in [1.29, 1.82) is 5.26 Å². The van der Waals surface area contributed by atoms with Crippen molar-refractivity contribution in [3.63, 3.8) is 0 Å². The number of aromatic nitrogens is 2. The largest absolute Gasteiger partial charge is 0.284 e. The van der Waals surface area contributed by atoms with Gasteiger partial charge >= 0.3 is 0 Å². The van der Waals surface area contributed by atoms with Crippen LogP contribution < -0.4 is 5.56 Å². The highest BCUT2D eigenvalue weighted by molar-refractivity contribution is 8.00. The molecule has 0 unspecified atom stereocenters. The third-order valence-electron chi connectivity index (χ3n) is 3.15. The number of thioether (sulfide) groups is 1. The van der Waals surface area contributed by atoms with Crippen molar-refractivity contribution in [1.82, 2.24) is 9.55 Å². The van der Waals surface area contributed by atoms with Gasteiger partial charge in [-0.2, -0.15) is 5.26 Å². The minimum atomic E-state index is -0.210. The number of rotatable bonds is 3. The van der Waals surface area contributed by atoms with Gasteiger partial charge in [-0.15, -0.1) is 0 Å². The van der Waals surface area contributed by atoms with Crippen molar-refractivity contribution in [3.05, 3.63) is 34.6 Å². The van der Waals surface area contributed by atoms with Crippen LogP contribution in [0.1, 0.15) is 25.8 Å². The van der Waals surface area contributed by atoms with Gasteiger partial charge < -0.3 is 0 Å². The Hall–Kier alpha value is -1.80. The average molecular weight is 271 g/mol. The number of hydrogen-bond acceptors (Lipinski definition) is 4. The molecule has 0 saturated heterocycles. The third-order valence-corrected chi connectivity index (χ3v) is 4.11. The van der Waals surface area contributed by atoms with Crippen LogP contribution in [-0.4, -0.2) is 14.8 Å². The van der Waals surface area contributed by atoms with Gasteiger partial charge in [0.1, 0.15) is 0 Å². The zero-order valence-corrected chi connectivity index (χ0v) is 11.4. The fourth-order valence-electron chi connectivity index (χ4n) is 2.05. The number of benzene rings is 1. The Bertz CT molecular complexity index is 728. The van der Waals surface area contributed by atoms with E-state index in [-0.39, 0.29) is 16.9 Å². The van der Waals surface area contributed by atoms with Gasteiger partial charge in [0.25, 0.3) is 5.56 Å². The van der Waals surface area contributed by atoms with Gasteiger partial charge in [-0.3, -0.25) is 9.36 Å². The van der Waals surface area contributed by atoms with Crippen LogP contribution in [0.3, 0.4) is 0 Å². The molecule has 1 aromatic carbocycles. The summed E-state index contributed by atoms with van der Waals surface area (Å²) in [5, 5.41) is 10.1. The fraction of sp³-hybridized carbons (Fsp3) is 0.357. The summed E-state index contributed by atoms with van der Waals surface area (Å²) in [7, 11) is 0. The molecule has 1 fully saturated rings. The van der Waals surface area contributed by atoms with Crippen LogP contribution >= 0.6 is 11.8 Å². The Balaban J connectivity index is 2.21. The van der Waals surface area contributed by atoms with Crippen molar-refractivity contribution in [2.45, 2.75) is 36.2 Å². The first-order chi connectivity index (χ1) is 9.20. The molecule has 1 atom stereocenters. The van der Waals surface area contributed by atoms with Gasteiger partial charge in [0, 0.05) is 6.04 Å². The Morgan fingerprint density at radius 3 is 2.89 bits per heavy atom. The van der Waals surface area contributed by atoms with Crippen molar-refractivity contribution in [2.24, 2.45) is 0 Å². The maximum absolute atomic E-state index is 12.5. The van der Waals surface area contributed by atoms with E-state index in [4.69, 9.17) is 5.26 Å². The maximum Gasteiger partial charge on any atom is 0.262 e. The standard InChI is InChI=1S/C14H13N3OS/c1-9(8-15)19-14-16-12-5-3-2-4-11(12)13(18)17(14)10-6-7-10/h2-5,9-10H,6-7H2,1H3/t9-/m0/s1. The normalized spacial score (nSPS) is 16.2. The molecule has 3 rings (SSSR count). The summed E-state index contributed by atoms with van der Waals surface area (Å²) in [4.78, 5) is 17.1. The summed E-state index contributed by atoms with van der Waals surface area (Å²) in [5.41, 5.74) is 0.720. The average Bonchev–Trinajstić information content (AvgIpc) is 3.23. The zero-order valence-electron chi connectivity index (χ0n) is 10.5. The van der Waals surface area contributed by atoms with E-state index < -0.39 is 0 Å². The summed E-state index contributed by atoms with van der Waals surface area (Å²) in [6, 6.07) is 9.82. The van der Waals surface area contributed by atoms with E-state index in [9.17, 15) is 4.79 Å². The quantitative estimate of drug-likeness (QED) is 0.636. The van der Waals surface area contributed by atoms with Gasteiger partial charge in [0.15, 0.2) is 5.16 Å². The number of para-hydroxylation sites is 1. The molecule has 0 radical (unpaired) electrons. The fourth-order valence-corrected chi connectivity index (χ4v) is 2.91. The van der Waals surface area contributed by atoms with E-state index in [0.717, 1.165) is 12.8 Å². The van der Waals surface area contributed by atoms with E-state index in [1.807, 2.05) is 31.2 Å². The molecule has 4 nitrogen and oxygen atoms in total. The Morgan fingerprint density at radius 1 is 1.47 bits per heavy atom. The number of fused-ring (bicyclic) bond motifs is 1. The lowest BCUT2D eigenvalue weighted by molar-refractivity contribution is 0.617. The van der Waals surface area contributed by atoms with E-state index in [2.05, 4.69) is 11.1 Å². The van der Waals surface area contributed by atoms with E-state index >= 15 is 0 Å². The number of nitriles is 1. The molecule has 5 heteroatoms. The number of nitrogens with zero attached hydrogens (tertiary/aromatic N) is 3. The summed E-state index contributed by atoms with van der Waals surface area (Å²) < 4.78 is 1.76. The highest BCUT2D eigenvalue weighted by Crippen LogP contribution is 2.37. The predicted molar refractivity (Wildman–Crippen MR) is 75.2 cm³/mol. The van der Waals surface area contributed by atoms with Gasteiger partial charge in [-0.25, -0.2) is 4.98 Å². The lowest BCUT2D eigenvalue weighted by atomic mass is 10.2. The monoisotopic (exact) mass is 271 g/mol. The smallest absolute Gasteiger partial charge is 0.262 e. The molecular formula is C14H13N3OS. The van der Waals surface area contributed by atoms with E-state index in [0.29, 0.717) is 16.1 Å². The highest BCUT2D eigenvalue weighted by Gasteiger charge is 2.29. The third kappa shape index (κ3) is 2.24. The van der Waals surface area contributed by atoms with Crippen molar-refractivity contribution < 1.29 is 0 Å². The summed E-state index contributed by atoms with van der Waals surface area (Å²) in [5.74, 6) is 0. The molecule has 0 bridgehead atoms. The first-order valence-corrected chi connectivity index (χ1v) is 7.16. The highest BCUT2D eigenvalue weighted by atomic mass is 32.2. The van der Waals surface area contributed by atoms with Gasteiger partial charge in [0.2, 0.25) is 0 Å². The molecule has 0 N–H and O–H groups in total. The van der Waals surface area contributed by atoms with Crippen molar-refractivity contribution >= 4 is 22.7 Å². The van der Waals surface area contributed by atoms with Gasteiger partial charge in [-0.1, -0.05) is 23.9 Å². The second kappa shape index (κ2) is 4.71. The van der Waals surface area contributed by atoms with Crippen LogP contribution in [0.5, 0.6) is 0 Å². The molecule has 2 aromatic rings. The number of hydrogen-bond donors (Lipinski definition) is 0. The Morgan fingerprint density at radius 2 is 2.21 bits per heavy atom. The predicted octanol–water partition coefficient (Wildman–Crippen LogP) is 2.74. The lowest BCUT2D eigenvalue weighted by Gasteiger charge is -2.12. The van der Waals surface area contributed by atoms with Crippen LogP contribution in [0.2, 0.25) is 0 Å². The first-order valence-electron chi connectivity index (χ1n) is 6.28.